The third kappa shape index (κ3) is 3.88. The number of nitrogens with zero attached hydrogens (tertiary/aromatic N) is 1. The van der Waals surface area contributed by atoms with Crippen LogP contribution in [0.4, 0.5) is 0 Å². The summed E-state index contributed by atoms with van der Waals surface area (Å²) in [6.07, 6.45) is 5.74. The number of hydrogen-bond acceptors (Lipinski definition) is 4. The number of para-hydroxylation sites is 1. The van der Waals surface area contributed by atoms with Gasteiger partial charge in [0.15, 0.2) is 0 Å². The van der Waals surface area contributed by atoms with Gasteiger partial charge in [0, 0.05) is 24.2 Å². The van der Waals surface area contributed by atoms with E-state index in [0.717, 1.165) is 37.7 Å². The van der Waals surface area contributed by atoms with Crippen molar-refractivity contribution in [3.63, 3.8) is 0 Å². The number of carbonyl (C=O) groups excluding carboxylic acids is 1. The van der Waals surface area contributed by atoms with E-state index < -0.39 is 0 Å². The van der Waals surface area contributed by atoms with Crippen molar-refractivity contribution < 1.29 is 9.53 Å². The number of fused-ring (bicyclic) bond motifs is 1. The second-order valence-electron chi connectivity index (χ2n) is 6.17. The highest BCUT2D eigenvalue weighted by Gasteiger charge is 2.26. The van der Waals surface area contributed by atoms with Crippen molar-refractivity contribution in [2.45, 2.75) is 45.2 Å². The molecule has 1 heterocycles. The molecule has 4 nitrogen and oxygen atoms in total. The number of rotatable bonds is 5. The average molecular weight is 312 g/mol. The van der Waals surface area contributed by atoms with Crippen LogP contribution in [0, 0.1) is 5.92 Å². The minimum Gasteiger partial charge on any atom is -0.466 e. The molecule has 0 aliphatic heterocycles. The number of ether oxygens (including phenoxy) is 1. The second kappa shape index (κ2) is 7.55. The fraction of sp³-hybridized carbons (Fsp3) is 0.474. The maximum Gasteiger partial charge on any atom is 0.308 e. The highest BCUT2D eigenvalue weighted by Crippen LogP contribution is 2.26. The first-order valence-corrected chi connectivity index (χ1v) is 8.50. The van der Waals surface area contributed by atoms with Crippen molar-refractivity contribution in [2.75, 3.05) is 6.61 Å². The Kier molecular flexibility index (Phi) is 5.23. The van der Waals surface area contributed by atoms with Crippen molar-refractivity contribution >= 4 is 16.9 Å². The molecule has 0 radical (unpaired) electrons. The quantitative estimate of drug-likeness (QED) is 0.859. The van der Waals surface area contributed by atoms with Gasteiger partial charge in [0.2, 0.25) is 0 Å². The van der Waals surface area contributed by atoms with Gasteiger partial charge >= 0.3 is 5.97 Å². The van der Waals surface area contributed by atoms with Crippen LogP contribution >= 0.6 is 0 Å². The molecule has 1 aromatic heterocycles. The molecule has 122 valence electrons. The predicted molar refractivity (Wildman–Crippen MR) is 91.0 cm³/mol. The summed E-state index contributed by atoms with van der Waals surface area (Å²) in [6.45, 7) is 3.16. The first-order valence-electron chi connectivity index (χ1n) is 8.50. The lowest BCUT2D eigenvalue weighted by Gasteiger charge is -2.28. The average Bonchev–Trinajstić information content (AvgIpc) is 2.60. The van der Waals surface area contributed by atoms with Crippen molar-refractivity contribution in [3.05, 3.63) is 42.1 Å². The van der Waals surface area contributed by atoms with E-state index in [1.807, 2.05) is 19.2 Å². The number of hydrogen-bond donors (Lipinski definition) is 1. The molecule has 0 bridgehead atoms. The molecule has 23 heavy (non-hydrogen) atoms. The van der Waals surface area contributed by atoms with Gasteiger partial charge in [0.05, 0.1) is 18.0 Å². The summed E-state index contributed by atoms with van der Waals surface area (Å²) in [6, 6.07) is 10.8. The lowest BCUT2D eigenvalue weighted by Crippen LogP contribution is -2.35. The lowest BCUT2D eigenvalue weighted by molar-refractivity contribution is -0.149. The molecule has 1 aromatic carbocycles. The van der Waals surface area contributed by atoms with E-state index in [1.165, 1.54) is 10.9 Å². The Balaban J connectivity index is 1.54. The van der Waals surface area contributed by atoms with Gasteiger partial charge in [0.25, 0.3) is 0 Å². The first kappa shape index (κ1) is 15.9. The van der Waals surface area contributed by atoms with E-state index in [4.69, 9.17) is 4.74 Å². The predicted octanol–water partition coefficient (Wildman–Crippen LogP) is 3.45. The van der Waals surface area contributed by atoms with Crippen LogP contribution in [-0.4, -0.2) is 23.6 Å². The molecule has 0 spiro atoms. The second-order valence-corrected chi connectivity index (χ2v) is 6.17. The smallest absolute Gasteiger partial charge is 0.308 e. The van der Waals surface area contributed by atoms with Gasteiger partial charge in [-0.25, -0.2) is 0 Å². The molecular formula is C19H24N2O2. The number of pyridine rings is 1. The highest BCUT2D eigenvalue weighted by molar-refractivity contribution is 5.81. The number of benzene rings is 1. The third-order valence-corrected chi connectivity index (χ3v) is 4.64. The summed E-state index contributed by atoms with van der Waals surface area (Å²) < 4.78 is 5.13. The highest BCUT2D eigenvalue weighted by atomic mass is 16.5. The summed E-state index contributed by atoms with van der Waals surface area (Å²) in [5.41, 5.74) is 2.30. The number of aromatic nitrogens is 1. The van der Waals surface area contributed by atoms with Crippen LogP contribution < -0.4 is 5.32 Å². The van der Waals surface area contributed by atoms with Gasteiger partial charge in [-0.2, -0.15) is 0 Å². The molecule has 1 aliphatic carbocycles. The van der Waals surface area contributed by atoms with Gasteiger partial charge < -0.3 is 10.1 Å². The zero-order valence-electron chi connectivity index (χ0n) is 13.6. The van der Waals surface area contributed by atoms with Crippen LogP contribution in [0.25, 0.3) is 10.9 Å². The number of carbonyl (C=O) groups is 1. The minimum atomic E-state index is -0.0239. The van der Waals surface area contributed by atoms with E-state index in [9.17, 15) is 4.79 Å². The standard InChI is InChI=1S/C19H24N2O2/c1-2-23-19(22)15-8-10-17(11-9-15)21-13-16-6-3-5-14-7-4-12-20-18(14)16/h3-7,12,15,17,21H,2,8-11,13H2,1H3. The Morgan fingerprint density at radius 1 is 1.22 bits per heavy atom. The van der Waals surface area contributed by atoms with Crippen molar-refractivity contribution in [1.29, 1.82) is 0 Å². The molecule has 4 heteroatoms. The van der Waals surface area contributed by atoms with Crippen molar-refractivity contribution in [3.8, 4) is 0 Å². The third-order valence-electron chi connectivity index (χ3n) is 4.64. The van der Waals surface area contributed by atoms with E-state index in [0.29, 0.717) is 12.6 Å². The summed E-state index contributed by atoms with van der Waals surface area (Å²) >= 11 is 0. The Hall–Kier alpha value is -1.94. The topological polar surface area (TPSA) is 51.2 Å². The largest absolute Gasteiger partial charge is 0.466 e. The van der Waals surface area contributed by atoms with Gasteiger partial charge in [-0.1, -0.05) is 24.3 Å². The SMILES string of the molecule is CCOC(=O)C1CCC(NCc2cccc3cccnc23)CC1. The molecule has 0 amide bonds. The molecule has 0 unspecified atom stereocenters. The summed E-state index contributed by atoms with van der Waals surface area (Å²) in [5.74, 6) is 0.0661. The van der Waals surface area contributed by atoms with E-state index in [-0.39, 0.29) is 11.9 Å². The van der Waals surface area contributed by atoms with Crippen LogP contribution in [0.2, 0.25) is 0 Å². The summed E-state index contributed by atoms with van der Waals surface area (Å²) in [4.78, 5) is 16.3. The monoisotopic (exact) mass is 312 g/mol. The van der Waals surface area contributed by atoms with Gasteiger partial charge in [0.1, 0.15) is 0 Å². The molecule has 0 saturated heterocycles. The normalized spacial score (nSPS) is 21.3. The van der Waals surface area contributed by atoms with Crippen LogP contribution in [0.15, 0.2) is 36.5 Å². The van der Waals surface area contributed by atoms with E-state index in [1.54, 1.807) is 0 Å². The maximum atomic E-state index is 11.8. The molecule has 1 N–H and O–H groups in total. The zero-order valence-corrected chi connectivity index (χ0v) is 13.6. The number of esters is 1. The Bertz CT molecular complexity index is 658. The van der Waals surface area contributed by atoms with E-state index >= 15 is 0 Å². The molecule has 2 aromatic rings. The molecule has 0 atom stereocenters. The fourth-order valence-electron chi connectivity index (χ4n) is 3.36. The van der Waals surface area contributed by atoms with Crippen LogP contribution in [-0.2, 0) is 16.1 Å². The fourth-order valence-corrected chi connectivity index (χ4v) is 3.36. The van der Waals surface area contributed by atoms with Crippen LogP contribution in [0.1, 0.15) is 38.2 Å². The maximum absolute atomic E-state index is 11.8. The molecular weight excluding hydrogens is 288 g/mol. The molecule has 1 aliphatic rings. The van der Waals surface area contributed by atoms with Gasteiger partial charge in [-0.05, 0) is 44.2 Å². The molecule has 3 rings (SSSR count). The zero-order chi connectivity index (χ0) is 16.1. The minimum absolute atomic E-state index is 0.0239. The summed E-state index contributed by atoms with van der Waals surface area (Å²) in [7, 11) is 0. The van der Waals surface area contributed by atoms with Gasteiger partial charge in [-0.3, -0.25) is 9.78 Å². The Morgan fingerprint density at radius 3 is 2.78 bits per heavy atom. The summed E-state index contributed by atoms with van der Waals surface area (Å²) in [5, 5.41) is 4.81. The Labute approximate surface area is 137 Å². The lowest BCUT2D eigenvalue weighted by atomic mass is 9.86. The van der Waals surface area contributed by atoms with E-state index in [2.05, 4.69) is 34.6 Å². The molecule has 1 saturated carbocycles. The van der Waals surface area contributed by atoms with Crippen LogP contribution in [0.5, 0.6) is 0 Å². The first-order chi connectivity index (χ1) is 11.3. The van der Waals surface area contributed by atoms with Crippen molar-refractivity contribution in [1.82, 2.24) is 10.3 Å². The van der Waals surface area contributed by atoms with Gasteiger partial charge in [-0.15, -0.1) is 0 Å². The molecule has 1 fully saturated rings. The Morgan fingerprint density at radius 2 is 2.00 bits per heavy atom. The van der Waals surface area contributed by atoms with Crippen molar-refractivity contribution in [2.24, 2.45) is 5.92 Å². The van der Waals surface area contributed by atoms with Crippen LogP contribution in [0.3, 0.4) is 0 Å². The number of nitrogens with one attached hydrogen (secondary N) is 1.